The third kappa shape index (κ3) is 2.45. The molecule has 84 valence electrons. The smallest absolute Gasteiger partial charge is 0.101 e. The molecule has 0 aromatic heterocycles. The first-order chi connectivity index (χ1) is 7.69. The van der Waals surface area contributed by atoms with Gasteiger partial charge in [-0.1, -0.05) is 11.6 Å². The van der Waals surface area contributed by atoms with Gasteiger partial charge in [0, 0.05) is 16.3 Å². The van der Waals surface area contributed by atoms with E-state index < -0.39 is 0 Å². The van der Waals surface area contributed by atoms with E-state index in [1.807, 2.05) is 17.8 Å². The van der Waals surface area contributed by atoms with Crippen molar-refractivity contribution in [2.45, 2.75) is 17.6 Å². The lowest BCUT2D eigenvalue weighted by Crippen LogP contribution is -2.17. The Hall–Kier alpha value is -0.850. The quantitative estimate of drug-likeness (QED) is 0.891. The fourth-order valence-corrected chi connectivity index (χ4v) is 2.51. The predicted molar refractivity (Wildman–Crippen MR) is 70.1 cm³/mol. The van der Waals surface area contributed by atoms with Gasteiger partial charge in [-0.2, -0.15) is 17.0 Å². The van der Waals surface area contributed by atoms with E-state index in [1.165, 1.54) is 12.8 Å². The Morgan fingerprint density at radius 1 is 1.56 bits per heavy atom. The topological polar surface area (TPSA) is 35.8 Å². The summed E-state index contributed by atoms with van der Waals surface area (Å²) in [6.45, 7) is 0.906. The largest absolute Gasteiger partial charge is 0.383 e. The van der Waals surface area contributed by atoms with Crippen LogP contribution in [0.25, 0.3) is 0 Å². The average Bonchev–Trinajstić information content (AvgIpc) is 3.07. The lowest BCUT2D eigenvalue weighted by atomic mass is 10.2. The number of anilines is 1. The summed E-state index contributed by atoms with van der Waals surface area (Å²) in [6.07, 6.45) is 4.64. The molecule has 0 aliphatic heterocycles. The van der Waals surface area contributed by atoms with Crippen LogP contribution in [0.3, 0.4) is 0 Å². The molecule has 1 fully saturated rings. The van der Waals surface area contributed by atoms with Gasteiger partial charge in [-0.3, -0.25) is 0 Å². The van der Waals surface area contributed by atoms with Crippen molar-refractivity contribution in [3.8, 4) is 6.07 Å². The molecule has 0 spiro atoms. The van der Waals surface area contributed by atoms with E-state index in [1.54, 1.807) is 12.1 Å². The second-order valence-corrected chi connectivity index (χ2v) is 5.75. The van der Waals surface area contributed by atoms with Gasteiger partial charge in [-0.15, -0.1) is 0 Å². The SMILES string of the molecule is CSC1(CNc2cc(Cl)ccc2C#N)CC1. The zero-order valence-corrected chi connectivity index (χ0v) is 10.7. The van der Waals surface area contributed by atoms with Crippen molar-refractivity contribution in [1.29, 1.82) is 5.26 Å². The maximum absolute atomic E-state index is 8.97. The summed E-state index contributed by atoms with van der Waals surface area (Å²) in [7, 11) is 0. The molecule has 2 nitrogen and oxygen atoms in total. The van der Waals surface area contributed by atoms with Crippen LogP contribution in [-0.2, 0) is 0 Å². The van der Waals surface area contributed by atoms with Crippen molar-refractivity contribution in [2.75, 3.05) is 18.1 Å². The molecule has 4 heteroatoms. The second-order valence-electron chi connectivity index (χ2n) is 4.04. The van der Waals surface area contributed by atoms with Gasteiger partial charge in [0.15, 0.2) is 0 Å². The van der Waals surface area contributed by atoms with Gasteiger partial charge in [-0.25, -0.2) is 0 Å². The first-order valence-electron chi connectivity index (χ1n) is 5.18. The average molecular weight is 253 g/mol. The van der Waals surface area contributed by atoms with Crippen LogP contribution < -0.4 is 5.32 Å². The zero-order chi connectivity index (χ0) is 11.6. The number of nitrogens with zero attached hydrogens (tertiary/aromatic N) is 1. The van der Waals surface area contributed by atoms with Crippen molar-refractivity contribution in [1.82, 2.24) is 0 Å². The molecule has 0 atom stereocenters. The highest BCUT2D eigenvalue weighted by molar-refractivity contribution is 8.00. The molecular formula is C12H13ClN2S. The summed E-state index contributed by atoms with van der Waals surface area (Å²) in [5.74, 6) is 0. The molecule has 0 heterocycles. The van der Waals surface area contributed by atoms with E-state index in [4.69, 9.17) is 16.9 Å². The molecule has 2 rings (SSSR count). The predicted octanol–water partition coefficient (Wildman–Crippen LogP) is 3.52. The van der Waals surface area contributed by atoms with E-state index in [2.05, 4.69) is 17.6 Å². The maximum atomic E-state index is 8.97. The minimum absolute atomic E-state index is 0.384. The van der Waals surface area contributed by atoms with E-state index in [0.29, 0.717) is 15.3 Å². The van der Waals surface area contributed by atoms with Crippen LogP contribution >= 0.6 is 23.4 Å². The van der Waals surface area contributed by atoms with Crippen LogP contribution in [0.5, 0.6) is 0 Å². The minimum Gasteiger partial charge on any atom is -0.383 e. The molecule has 1 saturated carbocycles. The number of halogens is 1. The number of rotatable bonds is 4. The Labute approximate surface area is 105 Å². The molecule has 0 radical (unpaired) electrons. The molecule has 0 unspecified atom stereocenters. The summed E-state index contributed by atoms with van der Waals surface area (Å²) in [5, 5.41) is 13.0. The number of nitrogens with one attached hydrogen (secondary N) is 1. The third-order valence-corrected chi connectivity index (χ3v) is 4.60. The molecule has 1 aliphatic rings. The Morgan fingerprint density at radius 2 is 2.31 bits per heavy atom. The highest BCUT2D eigenvalue weighted by Crippen LogP contribution is 2.47. The zero-order valence-electron chi connectivity index (χ0n) is 9.09. The van der Waals surface area contributed by atoms with E-state index in [0.717, 1.165) is 12.2 Å². The van der Waals surface area contributed by atoms with Crippen molar-refractivity contribution in [3.05, 3.63) is 28.8 Å². The van der Waals surface area contributed by atoms with Crippen LogP contribution in [0.4, 0.5) is 5.69 Å². The number of thioether (sulfide) groups is 1. The number of hydrogen-bond donors (Lipinski definition) is 1. The monoisotopic (exact) mass is 252 g/mol. The minimum atomic E-state index is 0.384. The van der Waals surface area contributed by atoms with Gasteiger partial charge >= 0.3 is 0 Å². The summed E-state index contributed by atoms with van der Waals surface area (Å²) < 4.78 is 0.384. The summed E-state index contributed by atoms with van der Waals surface area (Å²) in [5.41, 5.74) is 1.50. The first kappa shape index (κ1) is 11.6. The Bertz CT molecular complexity index is 435. The molecule has 16 heavy (non-hydrogen) atoms. The van der Waals surface area contributed by atoms with E-state index in [-0.39, 0.29) is 0 Å². The molecular weight excluding hydrogens is 240 g/mol. The standard InChI is InChI=1S/C12H13ClN2S/c1-16-12(4-5-12)8-15-11-6-10(13)3-2-9(11)7-14/h2-3,6,15H,4-5,8H2,1H3. The van der Waals surface area contributed by atoms with Crippen molar-refractivity contribution in [3.63, 3.8) is 0 Å². The van der Waals surface area contributed by atoms with Crippen molar-refractivity contribution in [2.24, 2.45) is 0 Å². The summed E-state index contributed by atoms with van der Waals surface area (Å²) in [4.78, 5) is 0. The Kier molecular flexibility index (Phi) is 3.32. The van der Waals surface area contributed by atoms with Gasteiger partial charge in [0.05, 0.1) is 11.3 Å². The third-order valence-electron chi connectivity index (χ3n) is 2.94. The van der Waals surface area contributed by atoms with Gasteiger partial charge in [0.1, 0.15) is 6.07 Å². The fraction of sp³-hybridized carbons (Fsp3) is 0.417. The molecule has 1 aliphatic carbocycles. The lowest BCUT2D eigenvalue weighted by Gasteiger charge is -2.15. The molecule has 1 aromatic carbocycles. The maximum Gasteiger partial charge on any atom is 0.101 e. The number of benzene rings is 1. The van der Waals surface area contributed by atoms with Gasteiger partial charge in [0.25, 0.3) is 0 Å². The normalized spacial score (nSPS) is 16.6. The molecule has 1 N–H and O–H groups in total. The molecule has 0 bridgehead atoms. The van der Waals surface area contributed by atoms with Gasteiger partial charge < -0.3 is 5.32 Å². The van der Waals surface area contributed by atoms with Crippen LogP contribution in [0.1, 0.15) is 18.4 Å². The summed E-state index contributed by atoms with van der Waals surface area (Å²) >= 11 is 7.82. The number of nitriles is 1. The van der Waals surface area contributed by atoms with Gasteiger partial charge in [0.2, 0.25) is 0 Å². The van der Waals surface area contributed by atoms with Crippen LogP contribution in [0, 0.1) is 11.3 Å². The fourth-order valence-electron chi connectivity index (χ4n) is 1.61. The van der Waals surface area contributed by atoms with Crippen molar-refractivity contribution < 1.29 is 0 Å². The highest BCUT2D eigenvalue weighted by Gasteiger charge is 2.41. The van der Waals surface area contributed by atoms with Crippen LogP contribution in [-0.4, -0.2) is 17.5 Å². The van der Waals surface area contributed by atoms with Crippen LogP contribution in [0.2, 0.25) is 5.02 Å². The molecule has 0 saturated heterocycles. The first-order valence-corrected chi connectivity index (χ1v) is 6.78. The number of hydrogen-bond acceptors (Lipinski definition) is 3. The summed E-state index contributed by atoms with van der Waals surface area (Å²) in [6, 6.07) is 7.48. The highest BCUT2D eigenvalue weighted by atomic mass is 35.5. The Balaban J connectivity index is 2.09. The Morgan fingerprint density at radius 3 is 2.88 bits per heavy atom. The van der Waals surface area contributed by atoms with E-state index in [9.17, 15) is 0 Å². The molecule has 1 aromatic rings. The second kappa shape index (κ2) is 4.57. The van der Waals surface area contributed by atoms with Crippen LogP contribution in [0.15, 0.2) is 18.2 Å². The molecule has 0 amide bonds. The van der Waals surface area contributed by atoms with Gasteiger partial charge in [-0.05, 0) is 37.3 Å². The van der Waals surface area contributed by atoms with Crippen molar-refractivity contribution >= 4 is 29.1 Å². The lowest BCUT2D eigenvalue weighted by molar-refractivity contribution is 0.949. The van der Waals surface area contributed by atoms with E-state index >= 15 is 0 Å².